The molecule has 0 saturated carbocycles. The fraction of sp³-hybridized carbons (Fsp3) is 0.150. The number of nitrogens with zero attached hydrogens (tertiary/aromatic N) is 3. The van der Waals surface area contributed by atoms with Gasteiger partial charge in [0.25, 0.3) is 5.91 Å². The SMILES string of the molecule is O=C(Nc1nccs1)c1nn(CCCOc2ccccc2)c2ccccc12. The van der Waals surface area contributed by atoms with Crippen LogP contribution in [0.5, 0.6) is 5.75 Å². The Morgan fingerprint density at radius 2 is 1.93 bits per heavy atom. The summed E-state index contributed by atoms with van der Waals surface area (Å²) in [4.78, 5) is 16.7. The molecule has 4 aromatic rings. The number of nitrogens with one attached hydrogen (secondary N) is 1. The summed E-state index contributed by atoms with van der Waals surface area (Å²) in [6.07, 6.45) is 2.44. The largest absolute Gasteiger partial charge is 0.494 e. The maximum Gasteiger partial charge on any atom is 0.278 e. The van der Waals surface area contributed by atoms with Gasteiger partial charge < -0.3 is 4.74 Å². The van der Waals surface area contributed by atoms with Crippen LogP contribution in [0.3, 0.4) is 0 Å². The van der Waals surface area contributed by atoms with E-state index in [4.69, 9.17) is 4.74 Å². The van der Waals surface area contributed by atoms with Gasteiger partial charge in [0, 0.05) is 29.9 Å². The van der Waals surface area contributed by atoms with Gasteiger partial charge in [-0.2, -0.15) is 5.10 Å². The number of rotatable bonds is 7. The summed E-state index contributed by atoms with van der Waals surface area (Å²) < 4.78 is 7.60. The smallest absolute Gasteiger partial charge is 0.278 e. The van der Waals surface area contributed by atoms with Crippen molar-refractivity contribution < 1.29 is 9.53 Å². The minimum Gasteiger partial charge on any atom is -0.494 e. The van der Waals surface area contributed by atoms with Gasteiger partial charge in [0.15, 0.2) is 10.8 Å². The highest BCUT2D eigenvalue weighted by Gasteiger charge is 2.17. The first kappa shape index (κ1) is 17.2. The normalized spacial score (nSPS) is 10.8. The second kappa shape index (κ2) is 8.01. The summed E-state index contributed by atoms with van der Waals surface area (Å²) in [6.45, 7) is 1.25. The molecule has 7 heteroatoms. The molecular weight excluding hydrogens is 360 g/mol. The lowest BCUT2D eigenvalue weighted by Gasteiger charge is -2.06. The molecule has 0 radical (unpaired) electrons. The number of anilines is 1. The van der Waals surface area contributed by atoms with E-state index < -0.39 is 0 Å². The Morgan fingerprint density at radius 3 is 2.74 bits per heavy atom. The molecule has 0 bridgehead atoms. The van der Waals surface area contributed by atoms with Crippen LogP contribution in [0.15, 0.2) is 66.2 Å². The highest BCUT2D eigenvalue weighted by molar-refractivity contribution is 7.13. The quantitative estimate of drug-likeness (QED) is 0.489. The number of aromatic nitrogens is 3. The monoisotopic (exact) mass is 378 g/mol. The minimum atomic E-state index is -0.250. The van der Waals surface area contributed by atoms with E-state index >= 15 is 0 Å². The number of fused-ring (bicyclic) bond motifs is 1. The van der Waals surface area contributed by atoms with Crippen molar-refractivity contribution >= 4 is 33.3 Å². The van der Waals surface area contributed by atoms with Gasteiger partial charge in [0.2, 0.25) is 0 Å². The maximum atomic E-state index is 12.6. The molecule has 1 amide bonds. The molecule has 0 fully saturated rings. The lowest BCUT2D eigenvalue weighted by Crippen LogP contribution is -2.14. The van der Waals surface area contributed by atoms with Gasteiger partial charge in [0.1, 0.15) is 5.75 Å². The molecule has 0 aliphatic rings. The van der Waals surface area contributed by atoms with Crippen LogP contribution in [0.2, 0.25) is 0 Å². The molecule has 1 N–H and O–H groups in total. The van der Waals surface area contributed by atoms with Crippen LogP contribution < -0.4 is 10.1 Å². The van der Waals surface area contributed by atoms with Crippen LogP contribution in [0.1, 0.15) is 16.9 Å². The Morgan fingerprint density at radius 1 is 1.11 bits per heavy atom. The number of carbonyl (C=O) groups is 1. The molecule has 0 atom stereocenters. The van der Waals surface area contributed by atoms with Crippen LogP contribution in [0.25, 0.3) is 10.9 Å². The Hall–Kier alpha value is -3.19. The molecule has 136 valence electrons. The number of ether oxygens (including phenoxy) is 1. The number of hydrogen-bond donors (Lipinski definition) is 1. The van der Waals surface area contributed by atoms with Crippen LogP contribution in [-0.4, -0.2) is 27.3 Å². The first-order chi connectivity index (χ1) is 13.3. The topological polar surface area (TPSA) is 69.0 Å². The molecule has 2 heterocycles. The Labute approximate surface area is 160 Å². The van der Waals surface area contributed by atoms with Crippen molar-refractivity contribution in [3.63, 3.8) is 0 Å². The van der Waals surface area contributed by atoms with E-state index in [9.17, 15) is 4.79 Å². The number of aryl methyl sites for hydroxylation is 1. The highest BCUT2D eigenvalue weighted by atomic mass is 32.1. The van der Waals surface area contributed by atoms with Crippen LogP contribution >= 0.6 is 11.3 Å². The van der Waals surface area contributed by atoms with Gasteiger partial charge in [0.05, 0.1) is 12.1 Å². The second-order valence-electron chi connectivity index (χ2n) is 5.90. The Kier molecular flexibility index (Phi) is 5.11. The van der Waals surface area contributed by atoms with Gasteiger partial charge in [-0.05, 0) is 18.2 Å². The molecule has 4 rings (SSSR count). The van der Waals surface area contributed by atoms with E-state index in [0.717, 1.165) is 23.1 Å². The van der Waals surface area contributed by atoms with Gasteiger partial charge in [-0.25, -0.2) is 4.98 Å². The number of amides is 1. The van der Waals surface area contributed by atoms with E-state index in [2.05, 4.69) is 15.4 Å². The van der Waals surface area contributed by atoms with Gasteiger partial charge in [-0.3, -0.25) is 14.8 Å². The highest BCUT2D eigenvalue weighted by Crippen LogP contribution is 2.21. The summed E-state index contributed by atoms with van der Waals surface area (Å²) in [7, 11) is 0. The van der Waals surface area contributed by atoms with Crippen molar-refractivity contribution in [3.8, 4) is 5.75 Å². The van der Waals surface area contributed by atoms with Crippen molar-refractivity contribution in [2.45, 2.75) is 13.0 Å². The zero-order chi connectivity index (χ0) is 18.5. The first-order valence-corrected chi connectivity index (χ1v) is 9.53. The zero-order valence-corrected chi connectivity index (χ0v) is 15.4. The third-order valence-electron chi connectivity index (χ3n) is 4.05. The lowest BCUT2D eigenvalue weighted by molar-refractivity contribution is 0.102. The van der Waals surface area contributed by atoms with E-state index in [1.54, 1.807) is 6.20 Å². The summed E-state index contributed by atoms with van der Waals surface area (Å²) >= 11 is 1.38. The molecule has 0 unspecified atom stereocenters. The van der Waals surface area contributed by atoms with E-state index in [-0.39, 0.29) is 5.91 Å². The number of benzene rings is 2. The van der Waals surface area contributed by atoms with Gasteiger partial charge in [-0.1, -0.05) is 36.4 Å². The standard InChI is InChI=1S/C20H18N4O2S/c25-19(22-20-21-11-14-27-20)18-16-9-4-5-10-17(16)24(23-18)12-6-13-26-15-7-2-1-3-8-15/h1-5,7-11,14H,6,12-13H2,(H,21,22,25). The number of thiazole rings is 1. The fourth-order valence-corrected chi connectivity index (χ4v) is 3.35. The predicted molar refractivity (Wildman–Crippen MR) is 106 cm³/mol. The zero-order valence-electron chi connectivity index (χ0n) is 14.5. The Bertz CT molecular complexity index is 1030. The molecule has 0 spiro atoms. The first-order valence-electron chi connectivity index (χ1n) is 8.65. The molecule has 6 nitrogen and oxygen atoms in total. The fourth-order valence-electron chi connectivity index (χ4n) is 2.83. The number of para-hydroxylation sites is 2. The van der Waals surface area contributed by atoms with Gasteiger partial charge >= 0.3 is 0 Å². The molecular formula is C20H18N4O2S. The molecule has 2 aromatic heterocycles. The van der Waals surface area contributed by atoms with Crippen LogP contribution in [0.4, 0.5) is 5.13 Å². The minimum absolute atomic E-state index is 0.250. The van der Waals surface area contributed by atoms with Crippen molar-refractivity contribution in [1.82, 2.24) is 14.8 Å². The van der Waals surface area contributed by atoms with Crippen LogP contribution in [-0.2, 0) is 6.54 Å². The predicted octanol–water partition coefficient (Wildman–Crippen LogP) is 4.21. The second-order valence-corrected chi connectivity index (χ2v) is 6.79. The average Bonchev–Trinajstić information content (AvgIpc) is 3.34. The van der Waals surface area contributed by atoms with E-state index in [1.165, 1.54) is 11.3 Å². The van der Waals surface area contributed by atoms with Crippen molar-refractivity contribution in [1.29, 1.82) is 0 Å². The van der Waals surface area contributed by atoms with Crippen LogP contribution in [0, 0.1) is 0 Å². The maximum absolute atomic E-state index is 12.6. The Balaban J connectivity index is 1.47. The summed E-state index contributed by atoms with van der Waals surface area (Å²) in [5.74, 6) is 0.603. The molecule has 27 heavy (non-hydrogen) atoms. The number of carbonyl (C=O) groups excluding carboxylic acids is 1. The molecule has 2 aromatic carbocycles. The molecule has 0 aliphatic carbocycles. The van der Waals surface area contributed by atoms with Crippen molar-refractivity contribution in [2.75, 3.05) is 11.9 Å². The summed E-state index contributed by atoms with van der Waals surface area (Å²) in [5, 5.41) is 10.6. The van der Waals surface area contributed by atoms with Gasteiger partial charge in [-0.15, -0.1) is 11.3 Å². The van der Waals surface area contributed by atoms with Crippen molar-refractivity contribution in [2.24, 2.45) is 0 Å². The lowest BCUT2D eigenvalue weighted by atomic mass is 10.2. The van der Waals surface area contributed by atoms with Crippen molar-refractivity contribution in [3.05, 3.63) is 71.9 Å². The third kappa shape index (κ3) is 3.98. The summed E-state index contributed by atoms with van der Waals surface area (Å²) in [5.41, 5.74) is 1.34. The average molecular weight is 378 g/mol. The molecule has 0 aliphatic heterocycles. The number of hydrogen-bond acceptors (Lipinski definition) is 5. The third-order valence-corrected chi connectivity index (χ3v) is 4.74. The molecule has 0 saturated heterocycles. The van der Waals surface area contributed by atoms with E-state index in [1.807, 2.05) is 64.7 Å². The summed E-state index contributed by atoms with van der Waals surface area (Å²) in [6, 6.07) is 17.5. The van der Waals surface area contributed by atoms with E-state index in [0.29, 0.717) is 24.0 Å².